The van der Waals surface area contributed by atoms with Crippen molar-refractivity contribution >= 4 is 11.6 Å². The molecule has 0 aliphatic carbocycles. The van der Waals surface area contributed by atoms with E-state index >= 15 is 0 Å². The molecule has 0 aliphatic heterocycles. The molecule has 2 heteroatoms. The van der Waals surface area contributed by atoms with E-state index in [1.807, 2.05) is 43.5 Å². The van der Waals surface area contributed by atoms with E-state index in [1.165, 1.54) is 12.8 Å². The maximum atomic E-state index is 12.1. The fraction of sp³-hybridized carbons (Fsp3) is 0.438. The third-order valence-corrected chi connectivity index (χ3v) is 2.75. The Bertz CT molecular complexity index is 370. The third-order valence-electron chi connectivity index (χ3n) is 2.75. The van der Waals surface area contributed by atoms with Gasteiger partial charge < -0.3 is 0 Å². The smallest absolute Gasteiger partial charge is 0.231 e. The van der Waals surface area contributed by atoms with Crippen molar-refractivity contribution in [2.24, 2.45) is 0 Å². The highest BCUT2D eigenvalue weighted by Gasteiger charge is 2.10. The van der Waals surface area contributed by atoms with Crippen molar-refractivity contribution in [1.29, 1.82) is 0 Å². The zero-order valence-corrected chi connectivity index (χ0v) is 11.4. The molecule has 0 N–H and O–H groups in total. The molecule has 0 atom stereocenters. The molecule has 18 heavy (non-hydrogen) atoms. The fourth-order valence-electron chi connectivity index (χ4n) is 1.74. The molecule has 0 saturated carbocycles. The molecule has 2 nitrogen and oxygen atoms in total. The minimum Gasteiger partial charge on any atom is -0.288 e. The molecule has 0 bridgehead atoms. The van der Waals surface area contributed by atoms with E-state index in [0.717, 1.165) is 18.5 Å². The van der Waals surface area contributed by atoms with E-state index in [9.17, 15) is 4.79 Å². The first-order valence-corrected chi connectivity index (χ1v) is 6.83. The maximum absolute atomic E-state index is 12.1. The zero-order chi connectivity index (χ0) is 13.2. The van der Waals surface area contributed by atoms with Gasteiger partial charge in [0.15, 0.2) is 0 Å². The van der Waals surface area contributed by atoms with Crippen LogP contribution in [0.2, 0.25) is 0 Å². The lowest BCUT2D eigenvalue weighted by Gasteiger charge is -2.18. The minimum atomic E-state index is 0.163. The molecule has 0 unspecified atom stereocenters. The summed E-state index contributed by atoms with van der Waals surface area (Å²) in [6, 6.07) is 9.82. The van der Waals surface area contributed by atoms with E-state index in [0.29, 0.717) is 6.42 Å². The normalized spacial score (nSPS) is 10.8. The van der Waals surface area contributed by atoms with E-state index in [4.69, 9.17) is 0 Å². The molecule has 1 amide bonds. The van der Waals surface area contributed by atoms with Gasteiger partial charge in [-0.3, -0.25) is 9.69 Å². The number of allylic oxidation sites excluding steroid dienone is 1. The Kier molecular flexibility index (Phi) is 6.85. The van der Waals surface area contributed by atoms with E-state index in [1.54, 1.807) is 4.90 Å². The molecule has 0 aromatic heterocycles. The molecule has 0 fully saturated rings. The zero-order valence-electron chi connectivity index (χ0n) is 11.4. The van der Waals surface area contributed by atoms with Crippen molar-refractivity contribution in [3.05, 3.63) is 42.6 Å². The average molecular weight is 245 g/mol. The Labute approximate surface area is 110 Å². The van der Waals surface area contributed by atoms with Gasteiger partial charge in [-0.15, -0.1) is 0 Å². The number of unbranched alkanes of at least 4 members (excludes halogenated alkanes) is 2. The van der Waals surface area contributed by atoms with Gasteiger partial charge in [0.2, 0.25) is 5.91 Å². The Balaban J connectivity index is 2.75. The van der Waals surface area contributed by atoms with Crippen molar-refractivity contribution in [3.8, 4) is 0 Å². The number of hydrogen-bond acceptors (Lipinski definition) is 1. The van der Waals surface area contributed by atoms with Gasteiger partial charge in [-0.05, 0) is 25.0 Å². The molecule has 0 heterocycles. The lowest BCUT2D eigenvalue weighted by molar-refractivity contribution is -0.118. The van der Waals surface area contributed by atoms with Crippen LogP contribution in [-0.4, -0.2) is 5.91 Å². The molecular weight excluding hydrogens is 222 g/mol. The van der Waals surface area contributed by atoms with Crippen molar-refractivity contribution in [2.75, 3.05) is 4.90 Å². The standard InChI is InChI=1S/C16H23NO/c1-3-5-6-10-14-17(16(18)11-4-2)15-12-8-7-9-13-15/h7-10,12-14H,3-6,11H2,1-2H3/b14-10-. The van der Waals surface area contributed by atoms with Crippen LogP contribution in [0.3, 0.4) is 0 Å². The molecule has 0 aliphatic rings. The van der Waals surface area contributed by atoms with Crippen molar-refractivity contribution in [1.82, 2.24) is 0 Å². The van der Waals surface area contributed by atoms with E-state index in [-0.39, 0.29) is 5.91 Å². The second-order valence-electron chi connectivity index (χ2n) is 4.38. The first-order valence-electron chi connectivity index (χ1n) is 6.83. The average Bonchev–Trinajstić information content (AvgIpc) is 2.40. The number of hydrogen-bond donors (Lipinski definition) is 0. The van der Waals surface area contributed by atoms with Gasteiger partial charge in [0.1, 0.15) is 0 Å². The lowest BCUT2D eigenvalue weighted by Crippen LogP contribution is -2.24. The predicted octanol–water partition coefficient (Wildman–Crippen LogP) is 4.52. The molecular formula is C16H23NO. The minimum absolute atomic E-state index is 0.163. The number of anilines is 1. The van der Waals surface area contributed by atoms with Crippen LogP contribution >= 0.6 is 0 Å². The van der Waals surface area contributed by atoms with Gasteiger partial charge in [-0.25, -0.2) is 0 Å². The molecule has 1 aromatic carbocycles. The van der Waals surface area contributed by atoms with E-state index in [2.05, 4.69) is 13.0 Å². The number of amides is 1. The van der Waals surface area contributed by atoms with Crippen LogP contribution in [0.15, 0.2) is 42.6 Å². The molecule has 0 spiro atoms. The SMILES string of the molecule is CCCC/C=C\N(C(=O)CCC)c1ccccc1. The number of carbonyl (C=O) groups is 1. The molecule has 1 rings (SSSR count). The topological polar surface area (TPSA) is 20.3 Å². The van der Waals surface area contributed by atoms with Crippen molar-refractivity contribution < 1.29 is 4.79 Å². The molecule has 0 saturated heterocycles. The summed E-state index contributed by atoms with van der Waals surface area (Å²) < 4.78 is 0. The predicted molar refractivity (Wildman–Crippen MR) is 77.5 cm³/mol. The van der Waals surface area contributed by atoms with Gasteiger partial charge in [0, 0.05) is 18.3 Å². The Morgan fingerprint density at radius 3 is 2.50 bits per heavy atom. The molecule has 1 aromatic rings. The summed E-state index contributed by atoms with van der Waals surface area (Å²) in [6.07, 6.45) is 8.85. The van der Waals surface area contributed by atoms with Crippen LogP contribution in [-0.2, 0) is 4.79 Å². The summed E-state index contributed by atoms with van der Waals surface area (Å²) in [5.74, 6) is 0.163. The quantitative estimate of drug-likeness (QED) is 0.647. The molecule has 0 radical (unpaired) electrons. The third kappa shape index (κ3) is 4.74. The highest BCUT2D eigenvalue weighted by molar-refractivity contribution is 5.94. The summed E-state index contributed by atoms with van der Waals surface area (Å²) in [5.41, 5.74) is 0.948. The van der Waals surface area contributed by atoms with Crippen molar-refractivity contribution in [2.45, 2.75) is 46.0 Å². The van der Waals surface area contributed by atoms with Crippen LogP contribution in [0.5, 0.6) is 0 Å². The van der Waals surface area contributed by atoms with Crippen molar-refractivity contribution in [3.63, 3.8) is 0 Å². The lowest BCUT2D eigenvalue weighted by atomic mass is 10.2. The summed E-state index contributed by atoms with van der Waals surface area (Å²) >= 11 is 0. The first-order chi connectivity index (χ1) is 8.79. The second-order valence-corrected chi connectivity index (χ2v) is 4.38. The van der Waals surface area contributed by atoms with Crippen LogP contribution in [0, 0.1) is 0 Å². The van der Waals surface area contributed by atoms with Gasteiger partial charge in [0.05, 0.1) is 0 Å². The first kappa shape index (κ1) is 14.5. The van der Waals surface area contributed by atoms with Crippen LogP contribution < -0.4 is 4.90 Å². The highest BCUT2D eigenvalue weighted by atomic mass is 16.2. The van der Waals surface area contributed by atoms with Gasteiger partial charge in [0.25, 0.3) is 0 Å². The summed E-state index contributed by atoms with van der Waals surface area (Å²) in [7, 11) is 0. The van der Waals surface area contributed by atoms with Gasteiger partial charge >= 0.3 is 0 Å². The Morgan fingerprint density at radius 1 is 1.17 bits per heavy atom. The largest absolute Gasteiger partial charge is 0.288 e. The monoisotopic (exact) mass is 245 g/mol. The summed E-state index contributed by atoms with van der Waals surface area (Å²) in [5, 5.41) is 0. The number of carbonyl (C=O) groups excluding carboxylic acids is 1. The molecule has 98 valence electrons. The number of benzene rings is 1. The number of para-hydroxylation sites is 1. The van der Waals surface area contributed by atoms with Crippen LogP contribution in [0.4, 0.5) is 5.69 Å². The van der Waals surface area contributed by atoms with E-state index < -0.39 is 0 Å². The van der Waals surface area contributed by atoms with Gasteiger partial charge in [-0.1, -0.05) is 51.0 Å². The van der Waals surface area contributed by atoms with Gasteiger partial charge in [-0.2, -0.15) is 0 Å². The second kappa shape index (κ2) is 8.51. The fourth-order valence-corrected chi connectivity index (χ4v) is 1.74. The number of rotatable bonds is 7. The summed E-state index contributed by atoms with van der Waals surface area (Å²) in [6.45, 7) is 4.20. The maximum Gasteiger partial charge on any atom is 0.231 e. The Morgan fingerprint density at radius 2 is 1.89 bits per heavy atom. The number of nitrogens with zero attached hydrogens (tertiary/aromatic N) is 1. The van der Waals surface area contributed by atoms with Crippen LogP contribution in [0.25, 0.3) is 0 Å². The Hall–Kier alpha value is -1.57. The highest BCUT2D eigenvalue weighted by Crippen LogP contribution is 2.16. The van der Waals surface area contributed by atoms with Crippen LogP contribution in [0.1, 0.15) is 46.0 Å². The summed E-state index contributed by atoms with van der Waals surface area (Å²) in [4.78, 5) is 13.8.